The Hall–Kier alpha value is -2.13. The molecule has 26 heavy (non-hydrogen) atoms. The van der Waals surface area contributed by atoms with Gasteiger partial charge in [-0.2, -0.15) is 0 Å². The SMILES string of the molecule is O=C(O)C1CCC2(CC1)CC2N(Cc1ccccc1)Cc1ccccc1. The quantitative estimate of drug-likeness (QED) is 0.820. The van der Waals surface area contributed by atoms with Gasteiger partial charge in [0.05, 0.1) is 5.92 Å². The van der Waals surface area contributed by atoms with Gasteiger partial charge in [-0.15, -0.1) is 0 Å². The molecule has 2 aromatic rings. The second-order valence-corrected chi connectivity index (χ2v) is 8.07. The normalized spacial score (nSPS) is 27.6. The first-order valence-corrected chi connectivity index (χ1v) is 9.71. The summed E-state index contributed by atoms with van der Waals surface area (Å²) >= 11 is 0. The fourth-order valence-electron chi connectivity index (χ4n) is 4.73. The van der Waals surface area contributed by atoms with Crippen molar-refractivity contribution in [2.75, 3.05) is 0 Å². The molecule has 1 atom stereocenters. The summed E-state index contributed by atoms with van der Waals surface area (Å²) in [6.45, 7) is 1.93. The molecule has 3 heteroatoms. The van der Waals surface area contributed by atoms with Crippen LogP contribution >= 0.6 is 0 Å². The van der Waals surface area contributed by atoms with E-state index in [0.717, 1.165) is 38.8 Å². The van der Waals surface area contributed by atoms with Crippen molar-refractivity contribution in [3.8, 4) is 0 Å². The van der Waals surface area contributed by atoms with Crippen LogP contribution in [0, 0.1) is 11.3 Å². The molecule has 0 saturated heterocycles. The molecule has 2 fully saturated rings. The number of hydrogen-bond donors (Lipinski definition) is 1. The standard InChI is InChI=1S/C23H27NO2/c25-22(26)20-11-13-23(14-12-20)15-21(23)24(16-18-7-3-1-4-8-18)17-19-9-5-2-6-10-19/h1-10,20-21H,11-17H2,(H,25,26). The van der Waals surface area contributed by atoms with Crippen molar-refractivity contribution in [2.45, 2.75) is 51.2 Å². The summed E-state index contributed by atoms with van der Waals surface area (Å²) in [5, 5.41) is 9.28. The highest BCUT2D eigenvalue weighted by Crippen LogP contribution is 2.60. The zero-order chi connectivity index (χ0) is 18.0. The van der Waals surface area contributed by atoms with Gasteiger partial charge in [0, 0.05) is 19.1 Å². The third-order valence-electron chi connectivity index (χ3n) is 6.37. The Morgan fingerprint density at radius 3 is 1.88 bits per heavy atom. The molecule has 0 radical (unpaired) electrons. The van der Waals surface area contributed by atoms with Gasteiger partial charge >= 0.3 is 5.97 Å². The highest BCUT2D eigenvalue weighted by Gasteiger charge is 2.57. The molecule has 1 spiro atoms. The maximum atomic E-state index is 11.3. The minimum atomic E-state index is -0.609. The van der Waals surface area contributed by atoms with Crippen LogP contribution in [0.3, 0.4) is 0 Å². The third kappa shape index (κ3) is 3.68. The molecule has 2 aromatic carbocycles. The van der Waals surface area contributed by atoms with Crippen LogP contribution in [0.1, 0.15) is 43.2 Å². The van der Waals surface area contributed by atoms with Crippen LogP contribution < -0.4 is 0 Å². The van der Waals surface area contributed by atoms with Gasteiger partial charge in [-0.1, -0.05) is 60.7 Å². The van der Waals surface area contributed by atoms with E-state index in [2.05, 4.69) is 65.6 Å². The first-order chi connectivity index (χ1) is 12.7. The van der Waals surface area contributed by atoms with Crippen LogP contribution in [-0.2, 0) is 17.9 Å². The van der Waals surface area contributed by atoms with Crippen molar-refractivity contribution in [3.63, 3.8) is 0 Å². The number of rotatable bonds is 6. The minimum Gasteiger partial charge on any atom is -0.481 e. The molecule has 0 aliphatic heterocycles. The van der Waals surface area contributed by atoms with Gasteiger partial charge in [0.25, 0.3) is 0 Å². The lowest BCUT2D eigenvalue weighted by molar-refractivity contribution is -0.143. The molecular formula is C23H27NO2. The Kier molecular flexibility index (Phi) is 4.82. The van der Waals surface area contributed by atoms with E-state index in [0.29, 0.717) is 11.5 Å². The van der Waals surface area contributed by atoms with Crippen molar-refractivity contribution in [2.24, 2.45) is 11.3 Å². The van der Waals surface area contributed by atoms with E-state index in [4.69, 9.17) is 0 Å². The zero-order valence-corrected chi connectivity index (χ0v) is 15.2. The largest absolute Gasteiger partial charge is 0.481 e. The van der Waals surface area contributed by atoms with Crippen LogP contribution in [0.2, 0.25) is 0 Å². The molecule has 0 amide bonds. The fourth-order valence-corrected chi connectivity index (χ4v) is 4.73. The average Bonchev–Trinajstić information content (AvgIpc) is 3.36. The van der Waals surface area contributed by atoms with Crippen LogP contribution in [0.4, 0.5) is 0 Å². The maximum absolute atomic E-state index is 11.3. The molecule has 2 aliphatic rings. The Bertz CT molecular complexity index is 694. The van der Waals surface area contributed by atoms with Crippen LogP contribution in [0.5, 0.6) is 0 Å². The molecule has 1 N–H and O–H groups in total. The van der Waals surface area contributed by atoms with Gasteiger partial charge in [0.2, 0.25) is 0 Å². The summed E-state index contributed by atoms with van der Waals surface area (Å²) in [7, 11) is 0. The Morgan fingerprint density at radius 1 is 0.923 bits per heavy atom. The van der Waals surface area contributed by atoms with Gasteiger partial charge < -0.3 is 5.11 Å². The van der Waals surface area contributed by atoms with E-state index in [1.54, 1.807) is 0 Å². The summed E-state index contributed by atoms with van der Waals surface area (Å²) in [5.74, 6) is -0.735. The fraction of sp³-hybridized carbons (Fsp3) is 0.435. The van der Waals surface area contributed by atoms with E-state index in [1.165, 1.54) is 17.5 Å². The number of carbonyl (C=O) groups is 1. The Labute approximate surface area is 155 Å². The van der Waals surface area contributed by atoms with Crippen molar-refractivity contribution in [1.29, 1.82) is 0 Å². The molecule has 0 aromatic heterocycles. The number of carboxylic acids is 1. The lowest BCUT2D eigenvalue weighted by Crippen LogP contribution is -2.32. The van der Waals surface area contributed by atoms with E-state index >= 15 is 0 Å². The molecule has 2 aliphatic carbocycles. The third-order valence-corrected chi connectivity index (χ3v) is 6.37. The van der Waals surface area contributed by atoms with E-state index in [-0.39, 0.29) is 5.92 Å². The highest BCUT2D eigenvalue weighted by atomic mass is 16.4. The van der Waals surface area contributed by atoms with Gasteiger partial charge in [-0.3, -0.25) is 9.69 Å². The molecule has 4 rings (SSSR count). The molecule has 2 saturated carbocycles. The summed E-state index contributed by atoms with van der Waals surface area (Å²) < 4.78 is 0. The molecule has 0 heterocycles. The van der Waals surface area contributed by atoms with Gasteiger partial charge in [-0.05, 0) is 48.6 Å². The van der Waals surface area contributed by atoms with E-state index < -0.39 is 5.97 Å². The summed E-state index contributed by atoms with van der Waals surface area (Å²) in [6, 6.07) is 22.0. The smallest absolute Gasteiger partial charge is 0.306 e. The predicted octanol–water partition coefficient (Wildman–Crippen LogP) is 4.72. The Balaban J connectivity index is 1.48. The van der Waals surface area contributed by atoms with Crippen molar-refractivity contribution in [3.05, 3.63) is 71.8 Å². The average molecular weight is 349 g/mol. The molecular weight excluding hydrogens is 322 g/mol. The van der Waals surface area contributed by atoms with Crippen molar-refractivity contribution in [1.82, 2.24) is 4.90 Å². The summed E-state index contributed by atoms with van der Waals surface area (Å²) in [4.78, 5) is 13.9. The summed E-state index contributed by atoms with van der Waals surface area (Å²) in [6.07, 6.45) is 5.04. The topological polar surface area (TPSA) is 40.5 Å². The molecule has 0 bridgehead atoms. The van der Waals surface area contributed by atoms with Crippen molar-refractivity contribution >= 4 is 5.97 Å². The number of hydrogen-bond acceptors (Lipinski definition) is 2. The number of aliphatic carboxylic acids is 1. The second kappa shape index (κ2) is 7.24. The summed E-state index contributed by atoms with van der Waals surface area (Å²) in [5.41, 5.74) is 3.06. The lowest BCUT2D eigenvalue weighted by atomic mass is 9.79. The van der Waals surface area contributed by atoms with Crippen LogP contribution in [0.15, 0.2) is 60.7 Å². The monoisotopic (exact) mass is 349 g/mol. The first-order valence-electron chi connectivity index (χ1n) is 9.71. The maximum Gasteiger partial charge on any atom is 0.306 e. The second-order valence-electron chi connectivity index (χ2n) is 8.07. The molecule has 136 valence electrons. The Morgan fingerprint density at radius 2 is 1.42 bits per heavy atom. The first kappa shape index (κ1) is 17.3. The lowest BCUT2D eigenvalue weighted by Gasteiger charge is -2.31. The highest BCUT2D eigenvalue weighted by molar-refractivity contribution is 5.70. The van der Waals surface area contributed by atoms with Crippen LogP contribution in [-0.4, -0.2) is 22.0 Å². The predicted molar refractivity (Wildman–Crippen MR) is 103 cm³/mol. The van der Waals surface area contributed by atoms with Crippen molar-refractivity contribution < 1.29 is 9.90 Å². The van der Waals surface area contributed by atoms with Gasteiger partial charge in [-0.25, -0.2) is 0 Å². The molecule has 1 unspecified atom stereocenters. The zero-order valence-electron chi connectivity index (χ0n) is 15.2. The van der Waals surface area contributed by atoms with Crippen LogP contribution in [0.25, 0.3) is 0 Å². The minimum absolute atomic E-state index is 0.126. The van der Waals surface area contributed by atoms with Gasteiger partial charge in [0.1, 0.15) is 0 Å². The van der Waals surface area contributed by atoms with E-state index in [1.807, 2.05) is 0 Å². The number of benzene rings is 2. The molecule has 3 nitrogen and oxygen atoms in total. The van der Waals surface area contributed by atoms with E-state index in [9.17, 15) is 9.90 Å². The number of nitrogens with zero attached hydrogens (tertiary/aromatic N) is 1. The van der Waals surface area contributed by atoms with Gasteiger partial charge in [0.15, 0.2) is 0 Å². The number of carboxylic acid groups (broad SMARTS) is 1.